The number of hydrogen-bond donors (Lipinski definition) is 2. The number of nitrogens with one attached hydrogen (secondary N) is 2. The summed E-state index contributed by atoms with van der Waals surface area (Å²) in [6.07, 6.45) is 3.18. The highest BCUT2D eigenvalue weighted by Gasteiger charge is 2.30. The second-order valence-electron chi connectivity index (χ2n) is 7.79. The molecule has 0 radical (unpaired) electrons. The molecule has 32 heavy (non-hydrogen) atoms. The molecule has 1 unspecified atom stereocenters. The first-order valence-electron chi connectivity index (χ1n) is 10.6. The van der Waals surface area contributed by atoms with Crippen molar-refractivity contribution in [2.75, 3.05) is 26.3 Å². The number of rotatable bonds is 7. The number of amides is 1. The molecule has 1 saturated heterocycles. The highest BCUT2D eigenvalue weighted by Crippen LogP contribution is 2.23. The molecule has 1 amide bonds. The molecular weight excluding hydrogens is 450 g/mol. The van der Waals surface area contributed by atoms with Crippen molar-refractivity contribution >= 4 is 38.4 Å². The van der Waals surface area contributed by atoms with Crippen LogP contribution in [0.1, 0.15) is 18.4 Å². The Balaban J connectivity index is 1.61. The fraction of sp³-hybridized carbons (Fsp3) is 0.348. The minimum Gasteiger partial charge on any atom is -0.380 e. The van der Waals surface area contributed by atoms with Gasteiger partial charge in [-0.05, 0) is 49.1 Å². The van der Waals surface area contributed by atoms with Crippen molar-refractivity contribution in [3.63, 3.8) is 0 Å². The number of hydrogen-bond acceptors (Lipinski definition) is 4. The normalized spacial score (nSPS) is 16.1. The summed E-state index contributed by atoms with van der Waals surface area (Å²) < 4.78 is 34.8. The number of ether oxygens (including phenoxy) is 1. The molecule has 0 spiro atoms. The predicted molar refractivity (Wildman–Crippen MR) is 124 cm³/mol. The summed E-state index contributed by atoms with van der Waals surface area (Å²) in [4.78, 5) is 18.2. The average Bonchev–Trinajstić information content (AvgIpc) is 3.10. The molecule has 1 atom stereocenters. The van der Waals surface area contributed by atoms with Crippen LogP contribution in [0.2, 0.25) is 5.02 Å². The van der Waals surface area contributed by atoms with Gasteiger partial charge < -0.3 is 14.6 Å². The second-order valence-corrected chi connectivity index (χ2v) is 9.88. The Bertz CT molecular complexity index is 1190. The Kier molecular flexibility index (Phi) is 7.15. The minimum absolute atomic E-state index is 0.144. The molecule has 1 aliphatic rings. The van der Waals surface area contributed by atoms with E-state index >= 15 is 0 Å². The second kappa shape index (κ2) is 10.0. The highest BCUT2D eigenvalue weighted by molar-refractivity contribution is 7.89. The SMILES string of the molecule is O=C(C(CCc1ccccc1Cl)NS(=O)(=O)c1cccc2[nH]ccc12)N1CCCOCC1. The molecule has 0 bridgehead atoms. The number of aromatic amines is 1. The number of carbonyl (C=O) groups is 1. The molecule has 1 fully saturated rings. The number of carbonyl (C=O) groups excluding carboxylic acids is 1. The largest absolute Gasteiger partial charge is 0.380 e. The number of aryl methyl sites for hydroxylation is 1. The van der Waals surface area contributed by atoms with Crippen molar-refractivity contribution in [1.29, 1.82) is 0 Å². The fourth-order valence-corrected chi connectivity index (χ4v) is 5.64. The molecule has 0 saturated carbocycles. The van der Waals surface area contributed by atoms with Crippen LogP contribution >= 0.6 is 11.6 Å². The maximum absolute atomic E-state index is 13.4. The summed E-state index contributed by atoms with van der Waals surface area (Å²) in [7, 11) is -3.95. The van der Waals surface area contributed by atoms with Gasteiger partial charge in [-0.2, -0.15) is 4.72 Å². The van der Waals surface area contributed by atoms with Gasteiger partial charge in [-0.15, -0.1) is 0 Å². The number of aromatic nitrogens is 1. The van der Waals surface area contributed by atoms with Crippen molar-refractivity contribution in [1.82, 2.24) is 14.6 Å². The van der Waals surface area contributed by atoms with Crippen LogP contribution in [0.4, 0.5) is 0 Å². The molecule has 3 aromatic rings. The first-order valence-corrected chi connectivity index (χ1v) is 12.5. The van der Waals surface area contributed by atoms with Crippen LogP contribution in [0.25, 0.3) is 10.9 Å². The molecule has 7 nitrogen and oxygen atoms in total. The molecule has 1 aromatic heterocycles. The van der Waals surface area contributed by atoms with E-state index in [9.17, 15) is 13.2 Å². The highest BCUT2D eigenvalue weighted by atomic mass is 35.5. The zero-order valence-corrected chi connectivity index (χ0v) is 19.2. The summed E-state index contributed by atoms with van der Waals surface area (Å²) in [5.74, 6) is -0.243. The smallest absolute Gasteiger partial charge is 0.241 e. The lowest BCUT2D eigenvalue weighted by Crippen LogP contribution is -2.49. The Labute approximate surface area is 192 Å². The third-order valence-corrected chi connectivity index (χ3v) is 7.53. The van der Waals surface area contributed by atoms with E-state index in [1.54, 1.807) is 35.4 Å². The van der Waals surface area contributed by atoms with Gasteiger partial charge in [0, 0.05) is 41.8 Å². The first kappa shape index (κ1) is 22.8. The van der Waals surface area contributed by atoms with Gasteiger partial charge in [0.1, 0.15) is 6.04 Å². The van der Waals surface area contributed by atoms with E-state index in [0.29, 0.717) is 49.6 Å². The van der Waals surface area contributed by atoms with Gasteiger partial charge in [-0.1, -0.05) is 35.9 Å². The topological polar surface area (TPSA) is 91.5 Å². The van der Waals surface area contributed by atoms with Gasteiger partial charge in [-0.25, -0.2) is 8.42 Å². The molecule has 2 N–H and O–H groups in total. The third kappa shape index (κ3) is 5.15. The van der Waals surface area contributed by atoms with E-state index < -0.39 is 16.1 Å². The van der Waals surface area contributed by atoms with Crippen LogP contribution in [0.5, 0.6) is 0 Å². The average molecular weight is 476 g/mol. The third-order valence-electron chi connectivity index (χ3n) is 5.63. The zero-order valence-electron chi connectivity index (χ0n) is 17.6. The fourth-order valence-electron chi connectivity index (χ4n) is 3.96. The Morgan fingerprint density at radius 1 is 1.12 bits per heavy atom. The summed E-state index contributed by atoms with van der Waals surface area (Å²) in [6.45, 7) is 2.01. The summed E-state index contributed by atoms with van der Waals surface area (Å²) in [5.41, 5.74) is 1.59. The molecule has 9 heteroatoms. The first-order chi connectivity index (χ1) is 15.5. The van der Waals surface area contributed by atoms with Crippen molar-refractivity contribution in [2.45, 2.75) is 30.2 Å². The summed E-state index contributed by atoms with van der Waals surface area (Å²) in [6, 6.07) is 13.2. The number of sulfonamides is 1. The molecule has 170 valence electrons. The Morgan fingerprint density at radius 2 is 1.97 bits per heavy atom. The van der Waals surface area contributed by atoms with Crippen LogP contribution in [0.15, 0.2) is 59.6 Å². The van der Waals surface area contributed by atoms with Crippen LogP contribution in [0, 0.1) is 0 Å². The number of benzene rings is 2. The Hall–Kier alpha value is -2.39. The molecule has 4 rings (SSSR count). The van der Waals surface area contributed by atoms with E-state index in [0.717, 1.165) is 17.5 Å². The van der Waals surface area contributed by atoms with E-state index in [2.05, 4.69) is 9.71 Å². The molecule has 0 aliphatic carbocycles. The lowest BCUT2D eigenvalue weighted by molar-refractivity contribution is -0.133. The van der Waals surface area contributed by atoms with Crippen molar-refractivity contribution in [2.24, 2.45) is 0 Å². The molecule has 1 aliphatic heterocycles. The maximum atomic E-state index is 13.4. The van der Waals surface area contributed by atoms with Crippen LogP contribution < -0.4 is 4.72 Å². The molecule has 2 aromatic carbocycles. The number of fused-ring (bicyclic) bond motifs is 1. The molecule has 2 heterocycles. The number of halogens is 1. The summed E-state index contributed by atoms with van der Waals surface area (Å²) >= 11 is 6.29. The lowest BCUT2D eigenvalue weighted by atomic mass is 10.0. The predicted octanol–water partition coefficient (Wildman–Crippen LogP) is 3.35. The zero-order chi connectivity index (χ0) is 22.6. The summed E-state index contributed by atoms with van der Waals surface area (Å²) in [5, 5.41) is 1.18. The van der Waals surface area contributed by atoms with Gasteiger partial charge in [0.25, 0.3) is 0 Å². The maximum Gasteiger partial charge on any atom is 0.241 e. The standard InChI is InChI=1S/C23H26ClN3O4S/c24-19-6-2-1-5-17(19)9-10-21(23(28)27-13-4-15-31-16-14-27)26-32(29,30)22-8-3-7-20-18(22)11-12-25-20/h1-3,5-8,11-12,21,25-26H,4,9-10,13-16H2. The minimum atomic E-state index is -3.95. The van der Waals surface area contributed by atoms with E-state index in [1.807, 2.05) is 24.3 Å². The van der Waals surface area contributed by atoms with Crippen LogP contribution in [0.3, 0.4) is 0 Å². The molecular formula is C23H26ClN3O4S. The lowest BCUT2D eigenvalue weighted by Gasteiger charge is -2.26. The number of nitrogens with zero attached hydrogens (tertiary/aromatic N) is 1. The quantitative estimate of drug-likeness (QED) is 0.548. The van der Waals surface area contributed by atoms with E-state index in [-0.39, 0.29) is 10.8 Å². The number of H-pyrrole nitrogens is 1. The van der Waals surface area contributed by atoms with Crippen molar-refractivity contribution in [3.8, 4) is 0 Å². The van der Waals surface area contributed by atoms with Gasteiger partial charge in [0.15, 0.2) is 0 Å². The van der Waals surface area contributed by atoms with E-state index in [4.69, 9.17) is 16.3 Å². The van der Waals surface area contributed by atoms with Gasteiger partial charge in [0.05, 0.1) is 11.5 Å². The van der Waals surface area contributed by atoms with Crippen LogP contribution in [-0.2, 0) is 26.0 Å². The van der Waals surface area contributed by atoms with Crippen molar-refractivity contribution < 1.29 is 17.9 Å². The van der Waals surface area contributed by atoms with Crippen LogP contribution in [-0.4, -0.2) is 56.6 Å². The van der Waals surface area contributed by atoms with Gasteiger partial charge >= 0.3 is 0 Å². The monoisotopic (exact) mass is 475 g/mol. The Morgan fingerprint density at radius 3 is 2.81 bits per heavy atom. The van der Waals surface area contributed by atoms with Gasteiger partial charge in [-0.3, -0.25) is 4.79 Å². The van der Waals surface area contributed by atoms with E-state index in [1.165, 1.54) is 0 Å². The van der Waals surface area contributed by atoms with Crippen molar-refractivity contribution in [3.05, 3.63) is 65.3 Å². The van der Waals surface area contributed by atoms with Gasteiger partial charge in [0.2, 0.25) is 15.9 Å².